The minimum absolute atomic E-state index is 0.0253. The van der Waals surface area contributed by atoms with Crippen molar-refractivity contribution in [2.24, 2.45) is 0 Å². The summed E-state index contributed by atoms with van der Waals surface area (Å²) in [7, 11) is 0. The Hall–Kier alpha value is -3.27. The maximum absolute atomic E-state index is 12.1. The van der Waals surface area contributed by atoms with E-state index >= 15 is 0 Å². The Morgan fingerprint density at radius 3 is 1.96 bits per heavy atom. The molecule has 4 nitrogen and oxygen atoms in total. The highest BCUT2D eigenvalue weighted by atomic mass is 16.5. The van der Waals surface area contributed by atoms with Gasteiger partial charge >= 0.3 is 0 Å². The van der Waals surface area contributed by atoms with Gasteiger partial charge in [-0.15, -0.1) is 0 Å². The van der Waals surface area contributed by atoms with Crippen LogP contribution in [-0.4, -0.2) is 12.0 Å². The topological polar surface area (TPSA) is 50.4 Å². The Balaban J connectivity index is 1.54. The van der Waals surface area contributed by atoms with E-state index < -0.39 is 0 Å². The molecule has 0 spiro atoms. The molecular weight excluding hydrogens is 336 g/mol. The van der Waals surface area contributed by atoms with E-state index in [0.29, 0.717) is 6.42 Å². The van der Waals surface area contributed by atoms with Gasteiger partial charge in [-0.05, 0) is 67.9 Å². The van der Waals surface area contributed by atoms with Crippen LogP contribution in [0.15, 0.2) is 78.9 Å². The SMILES string of the molecule is CC(C)Oc1ccc(Nc2ccc(NC(=O)Cc3ccccc3)cc2)cc1. The van der Waals surface area contributed by atoms with E-state index in [1.54, 1.807) is 0 Å². The quantitative estimate of drug-likeness (QED) is 0.593. The molecule has 2 N–H and O–H groups in total. The van der Waals surface area contributed by atoms with E-state index in [1.807, 2.05) is 92.7 Å². The molecule has 3 aromatic rings. The van der Waals surface area contributed by atoms with E-state index in [-0.39, 0.29) is 12.0 Å². The van der Waals surface area contributed by atoms with Gasteiger partial charge in [-0.2, -0.15) is 0 Å². The van der Waals surface area contributed by atoms with E-state index in [1.165, 1.54) is 0 Å². The summed E-state index contributed by atoms with van der Waals surface area (Å²) in [6, 6.07) is 25.2. The van der Waals surface area contributed by atoms with Crippen molar-refractivity contribution in [2.45, 2.75) is 26.4 Å². The van der Waals surface area contributed by atoms with Crippen LogP contribution < -0.4 is 15.4 Å². The van der Waals surface area contributed by atoms with E-state index in [9.17, 15) is 4.79 Å². The summed E-state index contributed by atoms with van der Waals surface area (Å²) >= 11 is 0. The molecule has 3 rings (SSSR count). The number of hydrogen-bond donors (Lipinski definition) is 2. The van der Waals surface area contributed by atoms with Crippen molar-refractivity contribution >= 4 is 23.0 Å². The minimum Gasteiger partial charge on any atom is -0.491 e. The molecule has 0 aromatic heterocycles. The smallest absolute Gasteiger partial charge is 0.228 e. The monoisotopic (exact) mass is 360 g/mol. The van der Waals surface area contributed by atoms with E-state index in [2.05, 4.69) is 10.6 Å². The van der Waals surface area contributed by atoms with Crippen LogP contribution in [0.5, 0.6) is 5.75 Å². The first-order valence-electron chi connectivity index (χ1n) is 9.06. The zero-order valence-corrected chi connectivity index (χ0v) is 15.6. The fraction of sp³-hybridized carbons (Fsp3) is 0.174. The van der Waals surface area contributed by atoms with Crippen LogP contribution in [0.1, 0.15) is 19.4 Å². The number of benzene rings is 3. The molecule has 0 bridgehead atoms. The third-order valence-electron chi connectivity index (χ3n) is 3.89. The summed E-state index contributed by atoms with van der Waals surface area (Å²) in [5.41, 5.74) is 3.71. The summed E-state index contributed by atoms with van der Waals surface area (Å²) < 4.78 is 5.65. The highest BCUT2D eigenvalue weighted by molar-refractivity contribution is 5.92. The second kappa shape index (κ2) is 8.90. The van der Waals surface area contributed by atoms with Crippen molar-refractivity contribution in [1.82, 2.24) is 0 Å². The van der Waals surface area contributed by atoms with Crippen LogP contribution in [-0.2, 0) is 11.2 Å². The van der Waals surface area contributed by atoms with Gasteiger partial charge in [0.2, 0.25) is 5.91 Å². The summed E-state index contributed by atoms with van der Waals surface area (Å²) in [6.07, 6.45) is 0.527. The highest BCUT2D eigenvalue weighted by Gasteiger charge is 2.04. The highest BCUT2D eigenvalue weighted by Crippen LogP contribution is 2.22. The standard InChI is InChI=1S/C23H24N2O2/c1-17(2)27-22-14-12-20(13-15-22)24-19-8-10-21(11-9-19)25-23(26)16-18-6-4-3-5-7-18/h3-15,17,24H,16H2,1-2H3,(H,25,26). The molecule has 0 saturated carbocycles. The van der Waals surface area contributed by atoms with Gasteiger partial charge in [0.25, 0.3) is 0 Å². The first kappa shape index (κ1) is 18.5. The molecule has 0 aliphatic rings. The zero-order valence-electron chi connectivity index (χ0n) is 15.6. The maximum Gasteiger partial charge on any atom is 0.228 e. The van der Waals surface area contributed by atoms with Gasteiger partial charge < -0.3 is 15.4 Å². The second-order valence-corrected chi connectivity index (χ2v) is 6.60. The van der Waals surface area contributed by atoms with Crippen LogP contribution in [0.25, 0.3) is 0 Å². The van der Waals surface area contributed by atoms with Gasteiger partial charge in [0.05, 0.1) is 12.5 Å². The average Bonchev–Trinajstić information content (AvgIpc) is 2.65. The van der Waals surface area contributed by atoms with Gasteiger partial charge in [-0.3, -0.25) is 4.79 Å². The Kier molecular flexibility index (Phi) is 6.10. The molecule has 0 heterocycles. The number of ether oxygens (including phenoxy) is 1. The van der Waals surface area contributed by atoms with Crippen LogP contribution in [0.3, 0.4) is 0 Å². The van der Waals surface area contributed by atoms with Crippen LogP contribution >= 0.6 is 0 Å². The van der Waals surface area contributed by atoms with Gasteiger partial charge in [0, 0.05) is 17.1 Å². The van der Waals surface area contributed by atoms with Gasteiger partial charge in [-0.1, -0.05) is 30.3 Å². The molecule has 1 amide bonds. The largest absolute Gasteiger partial charge is 0.491 e. The molecule has 4 heteroatoms. The molecule has 0 saturated heterocycles. The van der Waals surface area contributed by atoms with Crippen molar-refractivity contribution < 1.29 is 9.53 Å². The lowest BCUT2D eigenvalue weighted by atomic mass is 10.1. The molecule has 0 aliphatic heterocycles. The molecule has 0 unspecified atom stereocenters. The van der Waals surface area contributed by atoms with Gasteiger partial charge in [0.15, 0.2) is 0 Å². The lowest BCUT2D eigenvalue weighted by Crippen LogP contribution is -2.14. The van der Waals surface area contributed by atoms with Crippen molar-refractivity contribution in [3.8, 4) is 5.75 Å². The number of nitrogens with one attached hydrogen (secondary N) is 2. The fourth-order valence-electron chi connectivity index (χ4n) is 2.68. The van der Waals surface area contributed by atoms with E-state index in [0.717, 1.165) is 28.4 Å². The Morgan fingerprint density at radius 2 is 1.37 bits per heavy atom. The lowest BCUT2D eigenvalue weighted by Gasteiger charge is -2.11. The van der Waals surface area contributed by atoms with Gasteiger partial charge in [0.1, 0.15) is 5.75 Å². The number of carbonyl (C=O) groups excluding carboxylic acids is 1. The van der Waals surface area contributed by atoms with Crippen LogP contribution in [0, 0.1) is 0 Å². The first-order chi connectivity index (χ1) is 13.1. The number of amides is 1. The third-order valence-corrected chi connectivity index (χ3v) is 3.89. The first-order valence-corrected chi connectivity index (χ1v) is 9.06. The molecule has 0 radical (unpaired) electrons. The van der Waals surface area contributed by atoms with E-state index in [4.69, 9.17) is 4.74 Å². The number of anilines is 3. The van der Waals surface area contributed by atoms with Gasteiger partial charge in [-0.25, -0.2) is 0 Å². The summed E-state index contributed by atoms with van der Waals surface area (Å²) in [6.45, 7) is 4.01. The molecule has 3 aromatic carbocycles. The summed E-state index contributed by atoms with van der Waals surface area (Å²) in [4.78, 5) is 12.1. The van der Waals surface area contributed by atoms with Crippen molar-refractivity contribution in [1.29, 1.82) is 0 Å². The molecule has 27 heavy (non-hydrogen) atoms. The Bertz CT molecular complexity index is 857. The summed E-state index contributed by atoms with van der Waals surface area (Å²) in [5, 5.41) is 6.26. The normalized spacial score (nSPS) is 10.5. The lowest BCUT2D eigenvalue weighted by molar-refractivity contribution is -0.115. The number of rotatable bonds is 7. The fourth-order valence-corrected chi connectivity index (χ4v) is 2.68. The Morgan fingerprint density at radius 1 is 0.815 bits per heavy atom. The molecular formula is C23H24N2O2. The van der Waals surface area contributed by atoms with Crippen molar-refractivity contribution in [3.05, 3.63) is 84.4 Å². The molecule has 0 aliphatic carbocycles. The maximum atomic E-state index is 12.1. The number of hydrogen-bond acceptors (Lipinski definition) is 3. The predicted molar refractivity (Wildman–Crippen MR) is 111 cm³/mol. The predicted octanol–water partition coefficient (Wildman–Crippen LogP) is 5.40. The van der Waals surface area contributed by atoms with Crippen molar-refractivity contribution in [3.63, 3.8) is 0 Å². The third kappa shape index (κ3) is 5.89. The molecule has 138 valence electrons. The minimum atomic E-state index is -0.0253. The summed E-state index contributed by atoms with van der Waals surface area (Å²) in [5.74, 6) is 0.828. The molecule has 0 atom stereocenters. The second-order valence-electron chi connectivity index (χ2n) is 6.60. The molecule has 0 fully saturated rings. The van der Waals surface area contributed by atoms with Crippen LogP contribution in [0.4, 0.5) is 17.1 Å². The Labute approximate surface area is 160 Å². The average molecular weight is 360 g/mol. The van der Waals surface area contributed by atoms with Crippen molar-refractivity contribution in [2.75, 3.05) is 10.6 Å². The number of carbonyl (C=O) groups is 1. The zero-order chi connectivity index (χ0) is 19.1. The van der Waals surface area contributed by atoms with Crippen LogP contribution in [0.2, 0.25) is 0 Å².